The van der Waals surface area contributed by atoms with Crippen LogP contribution in [0.2, 0.25) is 0 Å². The number of nitrogens with zero attached hydrogens (tertiary/aromatic N) is 1. The molecule has 0 saturated heterocycles. The number of fused-ring (bicyclic) bond motifs is 1. The minimum atomic E-state index is -0.553. The fraction of sp³-hybridized carbons (Fsp3) is 0.500. The van der Waals surface area contributed by atoms with Crippen molar-refractivity contribution >= 4 is 12.1 Å². The van der Waals surface area contributed by atoms with E-state index in [2.05, 4.69) is 4.74 Å². The van der Waals surface area contributed by atoms with Crippen molar-refractivity contribution in [1.82, 2.24) is 4.90 Å². The van der Waals surface area contributed by atoms with Gasteiger partial charge in [-0.1, -0.05) is 6.07 Å². The molecule has 0 saturated carbocycles. The van der Waals surface area contributed by atoms with Gasteiger partial charge in [0.25, 0.3) is 0 Å². The lowest BCUT2D eigenvalue weighted by Crippen LogP contribution is -2.37. The molecular formula is C16H21NO5. The second kappa shape index (κ2) is 5.87. The lowest BCUT2D eigenvalue weighted by Gasteiger charge is -2.28. The lowest BCUT2D eigenvalue weighted by molar-refractivity contribution is 0.0201. The number of carbonyl (C=O) groups excluding carboxylic acids is 2. The molecule has 0 radical (unpaired) electrons. The van der Waals surface area contributed by atoms with Crippen LogP contribution >= 0.6 is 0 Å². The van der Waals surface area contributed by atoms with Crippen LogP contribution in [0, 0.1) is 0 Å². The number of methoxy groups -OCH3 is 1. The summed E-state index contributed by atoms with van der Waals surface area (Å²) in [7, 11) is 3.00. The van der Waals surface area contributed by atoms with E-state index in [-0.39, 0.29) is 6.04 Å². The minimum absolute atomic E-state index is 0.239. The van der Waals surface area contributed by atoms with Gasteiger partial charge in [0.15, 0.2) is 0 Å². The number of rotatable bonds is 2. The molecule has 0 N–H and O–H groups in total. The van der Waals surface area contributed by atoms with Crippen molar-refractivity contribution in [3.05, 3.63) is 29.3 Å². The average Bonchev–Trinajstić information content (AvgIpc) is 2.86. The van der Waals surface area contributed by atoms with Gasteiger partial charge in [-0.2, -0.15) is 0 Å². The summed E-state index contributed by atoms with van der Waals surface area (Å²) in [5.41, 5.74) is 0.713. The molecule has 120 valence electrons. The van der Waals surface area contributed by atoms with Gasteiger partial charge >= 0.3 is 12.1 Å². The van der Waals surface area contributed by atoms with Gasteiger partial charge in [-0.05, 0) is 32.9 Å². The Morgan fingerprint density at radius 3 is 2.59 bits per heavy atom. The first-order valence-electron chi connectivity index (χ1n) is 7.04. The Bertz CT molecular complexity index is 591. The first-order chi connectivity index (χ1) is 10.2. The summed E-state index contributed by atoms with van der Waals surface area (Å²) in [5.74, 6) is 0.165. The van der Waals surface area contributed by atoms with E-state index in [1.165, 1.54) is 12.0 Å². The average molecular weight is 307 g/mol. The summed E-state index contributed by atoms with van der Waals surface area (Å²) in [6, 6.07) is 4.83. The Hall–Kier alpha value is -2.24. The molecule has 1 aliphatic heterocycles. The summed E-state index contributed by atoms with van der Waals surface area (Å²) in [6.07, 6.45) is -0.411. The molecule has 1 aromatic carbocycles. The highest BCUT2D eigenvalue weighted by Crippen LogP contribution is 2.36. The zero-order chi connectivity index (χ0) is 16.5. The Kier molecular flexibility index (Phi) is 4.30. The van der Waals surface area contributed by atoms with Crippen LogP contribution in [-0.4, -0.2) is 43.3 Å². The van der Waals surface area contributed by atoms with Crippen molar-refractivity contribution < 1.29 is 23.8 Å². The number of benzene rings is 1. The molecule has 0 fully saturated rings. The highest BCUT2D eigenvalue weighted by molar-refractivity contribution is 5.90. The number of esters is 1. The van der Waals surface area contributed by atoms with Crippen LogP contribution in [-0.2, 0) is 9.47 Å². The first kappa shape index (κ1) is 16.1. The third kappa shape index (κ3) is 3.32. The largest absolute Gasteiger partial charge is 0.491 e. The molecule has 2 rings (SSSR count). The maximum Gasteiger partial charge on any atom is 0.410 e. The smallest absolute Gasteiger partial charge is 0.410 e. The SMILES string of the molecule is COC(=O)c1ccc2c(c1)OC[C@H]2N(C)C(=O)OC(C)(C)C. The fourth-order valence-corrected chi connectivity index (χ4v) is 2.22. The van der Waals surface area contributed by atoms with Crippen molar-refractivity contribution in [2.24, 2.45) is 0 Å². The van der Waals surface area contributed by atoms with E-state index in [1.54, 1.807) is 25.2 Å². The predicted octanol–water partition coefficient (Wildman–Crippen LogP) is 2.77. The van der Waals surface area contributed by atoms with Crippen molar-refractivity contribution in [2.75, 3.05) is 20.8 Å². The Balaban J connectivity index is 2.18. The van der Waals surface area contributed by atoms with Crippen molar-refractivity contribution in [2.45, 2.75) is 32.4 Å². The molecule has 1 aromatic rings. The number of carbonyl (C=O) groups is 2. The van der Waals surface area contributed by atoms with Gasteiger partial charge in [0.05, 0.1) is 18.7 Å². The zero-order valence-electron chi connectivity index (χ0n) is 13.5. The van der Waals surface area contributed by atoms with Crippen LogP contribution in [0.15, 0.2) is 18.2 Å². The number of hydrogen-bond acceptors (Lipinski definition) is 5. The monoisotopic (exact) mass is 307 g/mol. The Morgan fingerprint density at radius 1 is 1.32 bits per heavy atom. The van der Waals surface area contributed by atoms with Crippen LogP contribution in [0.3, 0.4) is 0 Å². The Labute approximate surface area is 129 Å². The Morgan fingerprint density at radius 2 is 2.00 bits per heavy atom. The van der Waals surface area contributed by atoms with E-state index in [9.17, 15) is 9.59 Å². The van der Waals surface area contributed by atoms with Crippen molar-refractivity contribution in [3.63, 3.8) is 0 Å². The molecule has 6 nitrogen and oxygen atoms in total. The molecule has 0 aromatic heterocycles. The molecule has 1 atom stereocenters. The van der Waals surface area contributed by atoms with E-state index in [0.717, 1.165) is 5.56 Å². The summed E-state index contributed by atoms with van der Waals surface area (Å²) in [6.45, 7) is 5.79. The van der Waals surface area contributed by atoms with Gasteiger partial charge in [-0.25, -0.2) is 9.59 Å². The standard InChI is InChI=1S/C16H21NO5/c1-16(2,3)22-15(19)17(4)12-9-21-13-8-10(14(18)20-5)6-7-11(12)13/h6-8,12H,9H2,1-5H3/t12-/m1/s1. The quantitative estimate of drug-likeness (QED) is 0.786. The van der Waals surface area contributed by atoms with Gasteiger partial charge in [-0.15, -0.1) is 0 Å². The van der Waals surface area contributed by atoms with Crippen LogP contribution in [0.5, 0.6) is 5.75 Å². The molecule has 1 heterocycles. The lowest BCUT2D eigenvalue weighted by atomic mass is 10.1. The van der Waals surface area contributed by atoms with E-state index in [4.69, 9.17) is 9.47 Å². The minimum Gasteiger partial charge on any atom is -0.491 e. The maximum atomic E-state index is 12.2. The van der Waals surface area contributed by atoms with Gasteiger partial charge in [0.2, 0.25) is 0 Å². The molecule has 22 heavy (non-hydrogen) atoms. The van der Waals surface area contributed by atoms with E-state index >= 15 is 0 Å². The summed E-state index contributed by atoms with van der Waals surface area (Å²) in [5, 5.41) is 0. The van der Waals surface area contributed by atoms with Gasteiger partial charge in [0, 0.05) is 12.6 Å². The predicted molar refractivity (Wildman–Crippen MR) is 80.0 cm³/mol. The molecular weight excluding hydrogens is 286 g/mol. The summed E-state index contributed by atoms with van der Waals surface area (Å²) < 4.78 is 15.6. The number of ether oxygens (including phenoxy) is 3. The van der Waals surface area contributed by atoms with Gasteiger partial charge in [0.1, 0.15) is 18.0 Å². The zero-order valence-corrected chi connectivity index (χ0v) is 13.5. The highest BCUT2D eigenvalue weighted by Gasteiger charge is 2.33. The molecule has 1 aliphatic rings. The molecule has 0 unspecified atom stereocenters. The molecule has 6 heteroatoms. The van der Waals surface area contributed by atoms with Crippen LogP contribution in [0.25, 0.3) is 0 Å². The second-order valence-electron chi connectivity index (χ2n) is 6.16. The van der Waals surface area contributed by atoms with E-state index < -0.39 is 17.7 Å². The summed E-state index contributed by atoms with van der Waals surface area (Å²) >= 11 is 0. The van der Waals surface area contributed by atoms with Crippen LogP contribution < -0.4 is 4.74 Å². The molecule has 1 amide bonds. The number of amides is 1. The fourth-order valence-electron chi connectivity index (χ4n) is 2.22. The molecule has 0 aliphatic carbocycles. The van der Waals surface area contributed by atoms with Crippen molar-refractivity contribution in [1.29, 1.82) is 0 Å². The maximum absolute atomic E-state index is 12.2. The van der Waals surface area contributed by atoms with Crippen LogP contribution in [0.1, 0.15) is 42.7 Å². The number of hydrogen-bond donors (Lipinski definition) is 0. The van der Waals surface area contributed by atoms with Crippen molar-refractivity contribution in [3.8, 4) is 5.75 Å². The second-order valence-corrected chi connectivity index (χ2v) is 6.16. The van der Waals surface area contributed by atoms with E-state index in [1.807, 2.05) is 20.8 Å². The summed E-state index contributed by atoms with van der Waals surface area (Å²) in [4.78, 5) is 25.2. The van der Waals surface area contributed by atoms with E-state index in [0.29, 0.717) is 17.9 Å². The third-order valence-corrected chi connectivity index (χ3v) is 3.34. The van der Waals surface area contributed by atoms with Crippen LogP contribution in [0.4, 0.5) is 4.79 Å². The first-order valence-corrected chi connectivity index (χ1v) is 7.04. The number of likely N-dealkylation sites (N-methyl/N-ethyl adjacent to an activating group) is 1. The molecule has 0 bridgehead atoms. The normalized spacial score (nSPS) is 16.5. The van der Waals surface area contributed by atoms with Gasteiger partial charge in [-0.3, -0.25) is 0 Å². The topological polar surface area (TPSA) is 65.1 Å². The van der Waals surface area contributed by atoms with Gasteiger partial charge < -0.3 is 19.1 Å². The third-order valence-electron chi connectivity index (χ3n) is 3.34. The molecule has 0 spiro atoms. The highest BCUT2D eigenvalue weighted by atomic mass is 16.6.